The van der Waals surface area contributed by atoms with Gasteiger partial charge in [-0.3, -0.25) is 14.5 Å². The lowest BCUT2D eigenvalue weighted by atomic mass is 10.2. The van der Waals surface area contributed by atoms with Crippen molar-refractivity contribution < 1.29 is 8.42 Å². The second-order valence-corrected chi connectivity index (χ2v) is 6.06. The second kappa shape index (κ2) is 5.02. The molecule has 0 radical (unpaired) electrons. The number of nitrogens with zero attached hydrogens (tertiary/aromatic N) is 1. The molecule has 0 saturated carbocycles. The Labute approximate surface area is 120 Å². The highest BCUT2D eigenvalue weighted by Gasteiger charge is 2.15. The Balaban J connectivity index is 2.05. The first-order valence-electron chi connectivity index (χ1n) is 6.11. The number of pyridine rings is 2. The standard InChI is InChI=1S/C14H11N3O3S/c18-13-7-6-11(9-16-13)21(19,20)17-12-5-1-3-10-4-2-8-15-14(10)12/h1-9,17H,(H,16,18). The number of fused-ring (bicyclic) bond motifs is 1. The van der Waals surface area contributed by atoms with Gasteiger partial charge in [-0.15, -0.1) is 0 Å². The minimum Gasteiger partial charge on any atom is -0.328 e. The van der Waals surface area contributed by atoms with Crippen molar-refractivity contribution in [1.29, 1.82) is 0 Å². The van der Waals surface area contributed by atoms with Crippen molar-refractivity contribution in [3.05, 3.63) is 65.2 Å². The Morgan fingerprint density at radius 1 is 1.05 bits per heavy atom. The van der Waals surface area contributed by atoms with E-state index in [-0.39, 0.29) is 10.5 Å². The number of nitrogens with one attached hydrogen (secondary N) is 2. The van der Waals surface area contributed by atoms with Crippen molar-refractivity contribution in [3.63, 3.8) is 0 Å². The predicted molar refractivity (Wildman–Crippen MR) is 79.6 cm³/mol. The Morgan fingerprint density at radius 2 is 1.86 bits per heavy atom. The molecule has 3 rings (SSSR count). The number of hydrogen-bond acceptors (Lipinski definition) is 4. The van der Waals surface area contributed by atoms with Gasteiger partial charge in [0.2, 0.25) is 5.56 Å². The van der Waals surface area contributed by atoms with E-state index in [0.29, 0.717) is 11.2 Å². The van der Waals surface area contributed by atoms with E-state index in [1.807, 2.05) is 12.1 Å². The fourth-order valence-corrected chi connectivity index (χ4v) is 2.99. The molecule has 2 N–H and O–H groups in total. The summed E-state index contributed by atoms with van der Waals surface area (Å²) < 4.78 is 27.1. The molecule has 21 heavy (non-hydrogen) atoms. The summed E-state index contributed by atoms with van der Waals surface area (Å²) in [6.07, 6.45) is 2.75. The predicted octanol–water partition coefficient (Wildman–Crippen LogP) is 1.72. The van der Waals surface area contributed by atoms with Gasteiger partial charge in [0, 0.05) is 23.8 Å². The van der Waals surface area contributed by atoms with Gasteiger partial charge < -0.3 is 4.98 Å². The van der Waals surface area contributed by atoms with Crippen LogP contribution in [-0.4, -0.2) is 18.4 Å². The van der Waals surface area contributed by atoms with E-state index in [1.165, 1.54) is 6.07 Å². The number of rotatable bonds is 3. The van der Waals surface area contributed by atoms with Crippen molar-refractivity contribution in [2.24, 2.45) is 0 Å². The van der Waals surface area contributed by atoms with E-state index >= 15 is 0 Å². The van der Waals surface area contributed by atoms with Crippen LogP contribution < -0.4 is 10.3 Å². The van der Waals surface area contributed by atoms with Gasteiger partial charge in [-0.1, -0.05) is 18.2 Å². The van der Waals surface area contributed by atoms with Crippen molar-refractivity contribution >= 4 is 26.6 Å². The number of sulfonamides is 1. The van der Waals surface area contributed by atoms with E-state index in [2.05, 4.69) is 14.7 Å². The van der Waals surface area contributed by atoms with Crippen molar-refractivity contribution in [3.8, 4) is 0 Å². The maximum Gasteiger partial charge on any atom is 0.263 e. The molecule has 3 aromatic rings. The van der Waals surface area contributed by atoms with E-state index in [1.54, 1.807) is 24.4 Å². The summed E-state index contributed by atoms with van der Waals surface area (Å²) in [6, 6.07) is 11.3. The molecule has 0 amide bonds. The summed E-state index contributed by atoms with van der Waals surface area (Å²) in [5.41, 5.74) is 0.591. The van der Waals surface area contributed by atoms with E-state index in [9.17, 15) is 13.2 Å². The first kappa shape index (κ1) is 13.3. The highest BCUT2D eigenvalue weighted by Crippen LogP contribution is 2.23. The molecule has 0 aliphatic heterocycles. The Kier molecular flexibility index (Phi) is 3.19. The van der Waals surface area contributed by atoms with Crippen LogP contribution in [-0.2, 0) is 10.0 Å². The van der Waals surface area contributed by atoms with Gasteiger partial charge in [0.25, 0.3) is 10.0 Å². The summed E-state index contributed by atoms with van der Waals surface area (Å²) in [5, 5.41) is 0.833. The van der Waals surface area contributed by atoms with Crippen LogP contribution in [0.5, 0.6) is 0 Å². The largest absolute Gasteiger partial charge is 0.328 e. The summed E-state index contributed by atoms with van der Waals surface area (Å²) in [5.74, 6) is 0. The smallest absolute Gasteiger partial charge is 0.263 e. The number of H-pyrrole nitrogens is 1. The molecule has 7 heteroatoms. The average molecular weight is 301 g/mol. The molecule has 6 nitrogen and oxygen atoms in total. The molecule has 0 aliphatic carbocycles. The Hall–Kier alpha value is -2.67. The van der Waals surface area contributed by atoms with Crippen LogP contribution in [0.15, 0.2) is 64.5 Å². The molecule has 2 aromatic heterocycles. The molecule has 0 aliphatic rings. The van der Waals surface area contributed by atoms with Gasteiger partial charge in [0.05, 0.1) is 11.2 Å². The zero-order valence-electron chi connectivity index (χ0n) is 10.8. The van der Waals surface area contributed by atoms with Gasteiger partial charge in [0.1, 0.15) is 4.90 Å². The summed E-state index contributed by atoms with van der Waals surface area (Å²) in [6.45, 7) is 0. The number of para-hydroxylation sites is 1. The highest BCUT2D eigenvalue weighted by molar-refractivity contribution is 7.92. The third kappa shape index (κ3) is 2.63. The van der Waals surface area contributed by atoms with Crippen LogP contribution >= 0.6 is 0 Å². The van der Waals surface area contributed by atoms with Crippen LogP contribution in [0.1, 0.15) is 0 Å². The van der Waals surface area contributed by atoms with Crippen molar-refractivity contribution in [2.75, 3.05) is 4.72 Å². The third-order valence-electron chi connectivity index (χ3n) is 2.94. The number of benzene rings is 1. The molecular weight excluding hydrogens is 290 g/mol. The van der Waals surface area contributed by atoms with Crippen LogP contribution in [0.25, 0.3) is 10.9 Å². The number of hydrogen-bond donors (Lipinski definition) is 2. The van der Waals surface area contributed by atoms with Gasteiger partial charge >= 0.3 is 0 Å². The topological polar surface area (TPSA) is 91.9 Å². The lowest BCUT2D eigenvalue weighted by Crippen LogP contribution is -2.15. The second-order valence-electron chi connectivity index (χ2n) is 4.37. The van der Waals surface area contributed by atoms with Gasteiger partial charge in [0.15, 0.2) is 0 Å². The first-order chi connectivity index (χ1) is 10.1. The number of aromatic nitrogens is 2. The minimum atomic E-state index is -3.78. The SMILES string of the molecule is O=c1ccc(S(=O)(=O)Nc2cccc3cccnc23)c[nH]1. The molecule has 106 valence electrons. The maximum absolute atomic E-state index is 12.3. The Bertz CT molecular complexity index is 939. The molecule has 0 spiro atoms. The fourth-order valence-electron chi connectivity index (χ4n) is 1.95. The number of anilines is 1. The lowest BCUT2D eigenvalue weighted by Gasteiger charge is -2.09. The molecule has 0 saturated heterocycles. The zero-order valence-corrected chi connectivity index (χ0v) is 11.6. The van der Waals surface area contributed by atoms with Crippen LogP contribution in [0.4, 0.5) is 5.69 Å². The molecule has 1 aromatic carbocycles. The lowest BCUT2D eigenvalue weighted by molar-refractivity contribution is 0.601. The molecular formula is C14H11N3O3S. The fraction of sp³-hybridized carbons (Fsp3) is 0. The normalized spacial score (nSPS) is 11.4. The summed E-state index contributed by atoms with van der Waals surface area (Å²) in [4.78, 5) is 17.5. The molecule has 2 heterocycles. The van der Waals surface area contributed by atoms with Crippen LogP contribution in [0.3, 0.4) is 0 Å². The molecule has 0 fully saturated rings. The van der Waals surface area contributed by atoms with Gasteiger partial charge in [-0.2, -0.15) is 0 Å². The molecule has 0 bridgehead atoms. The Morgan fingerprint density at radius 3 is 2.62 bits per heavy atom. The monoisotopic (exact) mass is 301 g/mol. The van der Waals surface area contributed by atoms with E-state index in [4.69, 9.17) is 0 Å². The van der Waals surface area contributed by atoms with Crippen LogP contribution in [0, 0.1) is 0 Å². The highest BCUT2D eigenvalue weighted by atomic mass is 32.2. The van der Waals surface area contributed by atoms with E-state index in [0.717, 1.165) is 17.6 Å². The van der Waals surface area contributed by atoms with Crippen LogP contribution in [0.2, 0.25) is 0 Å². The summed E-state index contributed by atoms with van der Waals surface area (Å²) in [7, 11) is -3.78. The van der Waals surface area contributed by atoms with Gasteiger partial charge in [-0.25, -0.2) is 8.42 Å². The zero-order chi connectivity index (χ0) is 14.9. The first-order valence-corrected chi connectivity index (χ1v) is 7.60. The van der Waals surface area contributed by atoms with Crippen molar-refractivity contribution in [1.82, 2.24) is 9.97 Å². The third-order valence-corrected chi connectivity index (χ3v) is 4.31. The van der Waals surface area contributed by atoms with Gasteiger partial charge in [-0.05, 0) is 18.2 Å². The van der Waals surface area contributed by atoms with Crippen molar-refractivity contribution in [2.45, 2.75) is 4.90 Å². The molecule has 0 atom stereocenters. The molecule has 0 unspecified atom stereocenters. The average Bonchev–Trinajstić information content (AvgIpc) is 2.48. The quantitative estimate of drug-likeness (QED) is 0.770. The van der Waals surface area contributed by atoms with E-state index < -0.39 is 10.0 Å². The number of aromatic amines is 1. The maximum atomic E-state index is 12.3. The minimum absolute atomic E-state index is 0.0185. The summed E-state index contributed by atoms with van der Waals surface area (Å²) >= 11 is 0.